The molecule has 0 bridgehead atoms. The van der Waals surface area contributed by atoms with Gasteiger partial charge < -0.3 is 14.8 Å². The van der Waals surface area contributed by atoms with E-state index in [-0.39, 0.29) is 11.9 Å². The van der Waals surface area contributed by atoms with Crippen LogP contribution < -0.4 is 14.8 Å². The first kappa shape index (κ1) is 18.4. The molecule has 3 aromatic rings. The third-order valence-corrected chi connectivity index (χ3v) is 3.77. The molecule has 0 aliphatic carbocycles. The standard InChI is InChI=1S/C21H21N3O3/c1-14(2)22-21(25)16-9-7-15(8-10-16)19-11-12-20(24-23-19)27-18-6-4-5-17(13-18)26-3/h4-14H,1-3H3,(H,22,25). The molecule has 3 rings (SSSR count). The maximum Gasteiger partial charge on any atom is 0.251 e. The largest absolute Gasteiger partial charge is 0.497 e. The van der Waals surface area contributed by atoms with Crippen molar-refractivity contribution in [3.05, 3.63) is 66.2 Å². The quantitative estimate of drug-likeness (QED) is 0.714. The zero-order valence-electron chi connectivity index (χ0n) is 15.5. The molecular weight excluding hydrogens is 342 g/mol. The van der Waals surface area contributed by atoms with E-state index in [9.17, 15) is 4.79 Å². The monoisotopic (exact) mass is 363 g/mol. The number of amides is 1. The Morgan fingerprint density at radius 2 is 1.70 bits per heavy atom. The third-order valence-electron chi connectivity index (χ3n) is 3.77. The van der Waals surface area contributed by atoms with Gasteiger partial charge in [0.1, 0.15) is 11.5 Å². The van der Waals surface area contributed by atoms with Crippen LogP contribution in [-0.4, -0.2) is 29.3 Å². The Balaban J connectivity index is 1.70. The Labute approximate surface area is 158 Å². The summed E-state index contributed by atoms with van der Waals surface area (Å²) in [6.07, 6.45) is 0. The molecule has 27 heavy (non-hydrogen) atoms. The highest BCUT2D eigenvalue weighted by Gasteiger charge is 2.08. The molecule has 0 unspecified atom stereocenters. The van der Waals surface area contributed by atoms with Crippen molar-refractivity contribution in [1.82, 2.24) is 15.5 Å². The fourth-order valence-electron chi connectivity index (χ4n) is 2.45. The van der Waals surface area contributed by atoms with Crippen molar-refractivity contribution in [2.75, 3.05) is 7.11 Å². The van der Waals surface area contributed by atoms with E-state index in [1.165, 1.54) is 0 Å². The predicted octanol–water partition coefficient (Wildman–Crippen LogP) is 4.08. The first-order valence-electron chi connectivity index (χ1n) is 8.62. The molecule has 0 fully saturated rings. The first-order chi connectivity index (χ1) is 13.0. The number of aromatic nitrogens is 2. The number of nitrogens with zero attached hydrogens (tertiary/aromatic N) is 2. The van der Waals surface area contributed by atoms with Gasteiger partial charge >= 0.3 is 0 Å². The Morgan fingerprint density at radius 1 is 0.963 bits per heavy atom. The van der Waals surface area contributed by atoms with Gasteiger partial charge in [-0.2, -0.15) is 0 Å². The molecular formula is C21H21N3O3. The Hall–Kier alpha value is -3.41. The molecule has 0 aliphatic rings. The lowest BCUT2D eigenvalue weighted by atomic mass is 10.1. The van der Waals surface area contributed by atoms with E-state index in [4.69, 9.17) is 9.47 Å². The van der Waals surface area contributed by atoms with E-state index >= 15 is 0 Å². The van der Waals surface area contributed by atoms with Crippen LogP contribution in [-0.2, 0) is 0 Å². The van der Waals surface area contributed by atoms with Gasteiger partial charge in [0, 0.05) is 29.3 Å². The molecule has 2 aromatic carbocycles. The number of benzene rings is 2. The zero-order valence-corrected chi connectivity index (χ0v) is 15.5. The molecule has 1 heterocycles. The maximum absolute atomic E-state index is 12.0. The van der Waals surface area contributed by atoms with Gasteiger partial charge in [0.15, 0.2) is 0 Å². The van der Waals surface area contributed by atoms with Crippen molar-refractivity contribution in [3.63, 3.8) is 0 Å². The summed E-state index contributed by atoms with van der Waals surface area (Å²) >= 11 is 0. The summed E-state index contributed by atoms with van der Waals surface area (Å²) < 4.78 is 10.9. The van der Waals surface area contributed by atoms with E-state index < -0.39 is 0 Å². The van der Waals surface area contributed by atoms with E-state index in [1.807, 2.05) is 50.2 Å². The van der Waals surface area contributed by atoms with Crippen LogP contribution in [0.5, 0.6) is 17.4 Å². The zero-order chi connectivity index (χ0) is 19.2. The Kier molecular flexibility index (Phi) is 5.66. The number of nitrogens with one attached hydrogen (secondary N) is 1. The molecule has 6 nitrogen and oxygen atoms in total. The third kappa shape index (κ3) is 4.82. The summed E-state index contributed by atoms with van der Waals surface area (Å²) in [4.78, 5) is 12.0. The molecule has 138 valence electrons. The van der Waals surface area contributed by atoms with Crippen LogP contribution in [0.2, 0.25) is 0 Å². The molecule has 0 saturated heterocycles. The van der Waals surface area contributed by atoms with Crippen molar-refractivity contribution >= 4 is 5.91 Å². The summed E-state index contributed by atoms with van der Waals surface area (Å²) in [5.74, 6) is 1.63. The van der Waals surface area contributed by atoms with Crippen LogP contribution >= 0.6 is 0 Å². The van der Waals surface area contributed by atoms with E-state index in [1.54, 1.807) is 31.4 Å². The smallest absolute Gasteiger partial charge is 0.251 e. The topological polar surface area (TPSA) is 73.3 Å². The van der Waals surface area contributed by atoms with Crippen molar-refractivity contribution in [2.24, 2.45) is 0 Å². The van der Waals surface area contributed by atoms with Gasteiger partial charge in [0.2, 0.25) is 5.88 Å². The fraction of sp³-hybridized carbons (Fsp3) is 0.190. The summed E-state index contributed by atoms with van der Waals surface area (Å²) in [7, 11) is 1.60. The second-order valence-corrected chi connectivity index (χ2v) is 6.24. The number of hydrogen-bond acceptors (Lipinski definition) is 5. The lowest BCUT2D eigenvalue weighted by Crippen LogP contribution is -2.29. The van der Waals surface area contributed by atoms with Gasteiger partial charge in [0.05, 0.1) is 12.8 Å². The first-order valence-corrected chi connectivity index (χ1v) is 8.62. The maximum atomic E-state index is 12.0. The summed E-state index contributed by atoms with van der Waals surface area (Å²) in [6, 6.07) is 18.2. The van der Waals surface area contributed by atoms with Crippen molar-refractivity contribution < 1.29 is 14.3 Å². The highest BCUT2D eigenvalue weighted by molar-refractivity contribution is 5.94. The van der Waals surface area contributed by atoms with E-state index in [2.05, 4.69) is 15.5 Å². The molecule has 0 spiro atoms. The van der Waals surface area contributed by atoms with E-state index in [0.29, 0.717) is 28.6 Å². The predicted molar refractivity (Wildman–Crippen MR) is 103 cm³/mol. The number of carbonyl (C=O) groups is 1. The van der Waals surface area contributed by atoms with Crippen molar-refractivity contribution in [2.45, 2.75) is 19.9 Å². The van der Waals surface area contributed by atoms with E-state index in [0.717, 1.165) is 5.56 Å². The Morgan fingerprint density at radius 3 is 2.33 bits per heavy atom. The SMILES string of the molecule is COc1cccc(Oc2ccc(-c3ccc(C(=O)NC(C)C)cc3)nn2)c1. The molecule has 0 aliphatic heterocycles. The van der Waals surface area contributed by atoms with Gasteiger partial charge in [0.25, 0.3) is 5.91 Å². The van der Waals surface area contributed by atoms with Crippen LogP contribution in [0, 0.1) is 0 Å². The van der Waals surface area contributed by atoms with Crippen LogP contribution in [0.3, 0.4) is 0 Å². The number of carbonyl (C=O) groups excluding carboxylic acids is 1. The molecule has 0 atom stereocenters. The minimum Gasteiger partial charge on any atom is -0.497 e. The minimum absolute atomic E-state index is 0.0929. The number of hydrogen-bond donors (Lipinski definition) is 1. The lowest BCUT2D eigenvalue weighted by Gasteiger charge is -2.09. The highest BCUT2D eigenvalue weighted by atomic mass is 16.5. The average Bonchev–Trinajstić information content (AvgIpc) is 2.68. The number of ether oxygens (including phenoxy) is 2. The molecule has 0 radical (unpaired) electrons. The molecule has 1 aromatic heterocycles. The Bertz CT molecular complexity index is 907. The normalized spacial score (nSPS) is 10.5. The lowest BCUT2D eigenvalue weighted by molar-refractivity contribution is 0.0943. The molecule has 6 heteroatoms. The second kappa shape index (κ2) is 8.31. The van der Waals surface area contributed by atoms with Gasteiger partial charge in [-0.1, -0.05) is 18.2 Å². The highest BCUT2D eigenvalue weighted by Crippen LogP contribution is 2.25. The molecule has 0 saturated carbocycles. The minimum atomic E-state index is -0.0929. The average molecular weight is 363 g/mol. The second-order valence-electron chi connectivity index (χ2n) is 6.24. The summed E-state index contributed by atoms with van der Waals surface area (Å²) in [6.45, 7) is 3.86. The number of rotatable bonds is 6. The fourth-order valence-corrected chi connectivity index (χ4v) is 2.45. The number of methoxy groups -OCH3 is 1. The van der Waals surface area contributed by atoms with Crippen molar-refractivity contribution in [3.8, 4) is 28.6 Å². The van der Waals surface area contributed by atoms with Gasteiger partial charge in [-0.3, -0.25) is 4.79 Å². The molecule has 1 amide bonds. The van der Waals surface area contributed by atoms with Crippen LogP contribution in [0.25, 0.3) is 11.3 Å². The van der Waals surface area contributed by atoms with Crippen LogP contribution in [0.15, 0.2) is 60.7 Å². The van der Waals surface area contributed by atoms with Crippen molar-refractivity contribution in [1.29, 1.82) is 0 Å². The van der Waals surface area contributed by atoms with Crippen LogP contribution in [0.1, 0.15) is 24.2 Å². The summed E-state index contributed by atoms with van der Waals surface area (Å²) in [5.41, 5.74) is 2.18. The van der Waals surface area contributed by atoms with Gasteiger partial charge in [-0.05, 0) is 44.2 Å². The van der Waals surface area contributed by atoms with Gasteiger partial charge in [-0.15, -0.1) is 10.2 Å². The van der Waals surface area contributed by atoms with Gasteiger partial charge in [-0.25, -0.2) is 0 Å². The summed E-state index contributed by atoms with van der Waals surface area (Å²) in [5, 5.41) is 11.2. The molecule has 1 N–H and O–H groups in total. The van der Waals surface area contributed by atoms with Crippen LogP contribution in [0.4, 0.5) is 0 Å².